The molecule has 1 aromatic carbocycles. The van der Waals surface area contributed by atoms with E-state index in [2.05, 4.69) is 10.5 Å². The molecule has 0 amide bonds. The fraction of sp³-hybridized carbons (Fsp3) is 0.0909. The number of rotatable bonds is 4. The smallest absolute Gasteiger partial charge is 0.358 e. The monoisotopic (exact) mass is 270 g/mol. The van der Waals surface area contributed by atoms with Gasteiger partial charge < -0.3 is 14.9 Å². The molecule has 0 radical (unpaired) electrons. The fourth-order valence-corrected chi connectivity index (χ4v) is 1.50. The lowest BCUT2D eigenvalue weighted by atomic mass is 10.3. The minimum Gasteiger partial charge on any atom is -0.476 e. The maximum Gasteiger partial charge on any atom is 0.358 e. The standard InChI is InChI=1S/C11H8ClFN2O3/c12-8-2-1-6(13)3-9(8)14-5-7-4-10(11(16)17)15-18-7/h1-4,14H,5H2,(H,16,17). The number of hydrogen-bond donors (Lipinski definition) is 2. The summed E-state index contributed by atoms with van der Waals surface area (Å²) >= 11 is 5.85. The van der Waals surface area contributed by atoms with Gasteiger partial charge in [0.05, 0.1) is 17.3 Å². The Kier molecular flexibility index (Phi) is 3.47. The molecule has 0 atom stereocenters. The second kappa shape index (κ2) is 5.05. The second-order valence-corrected chi connectivity index (χ2v) is 3.87. The molecule has 0 unspecified atom stereocenters. The van der Waals surface area contributed by atoms with Crippen molar-refractivity contribution in [3.63, 3.8) is 0 Å². The van der Waals surface area contributed by atoms with Gasteiger partial charge in [0.15, 0.2) is 11.5 Å². The van der Waals surface area contributed by atoms with E-state index in [1.807, 2.05) is 0 Å². The van der Waals surface area contributed by atoms with Crippen molar-refractivity contribution in [1.82, 2.24) is 5.16 Å². The van der Waals surface area contributed by atoms with Crippen molar-refractivity contribution < 1.29 is 18.8 Å². The largest absolute Gasteiger partial charge is 0.476 e. The highest BCUT2D eigenvalue weighted by Crippen LogP contribution is 2.23. The van der Waals surface area contributed by atoms with Crippen LogP contribution in [0.5, 0.6) is 0 Å². The molecule has 0 aliphatic rings. The number of nitrogens with one attached hydrogen (secondary N) is 1. The maximum absolute atomic E-state index is 13.0. The number of hydrogen-bond acceptors (Lipinski definition) is 4. The van der Waals surface area contributed by atoms with Crippen LogP contribution < -0.4 is 5.32 Å². The van der Waals surface area contributed by atoms with Crippen LogP contribution in [-0.4, -0.2) is 16.2 Å². The molecule has 0 aliphatic carbocycles. The van der Waals surface area contributed by atoms with E-state index < -0.39 is 11.8 Å². The molecule has 0 saturated carbocycles. The maximum atomic E-state index is 13.0. The molecule has 0 aliphatic heterocycles. The molecule has 0 bridgehead atoms. The summed E-state index contributed by atoms with van der Waals surface area (Å²) in [5, 5.41) is 15.2. The average molecular weight is 271 g/mol. The number of nitrogens with zero attached hydrogens (tertiary/aromatic N) is 1. The SMILES string of the molecule is O=C(O)c1cc(CNc2cc(F)ccc2Cl)on1. The molecule has 2 rings (SSSR count). The van der Waals surface area contributed by atoms with E-state index in [1.165, 1.54) is 24.3 Å². The first-order valence-electron chi connectivity index (χ1n) is 4.94. The van der Waals surface area contributed by atoms with Crippen molar-refractivity contribution in [1.29, 1.82) is 0 Å². The highest BCUT2D eigenvalue weighted by atomic mass is 35.5. The van der Waals surface area contributed by atoms with E-state index >= 15 is 0 Å². The summed E-state index contributed by atoms with van der Waals surface area (Å²) in [5.74, 6) is -1.28. The molecular formula is C11H8ClFN2O3. The quantitative estimate of drug-likeness (QED) is 0.893. The summed E-state index contributed by atoms with van der Waals surface area (Å²) in [6.07, 6.45) is 0. The zero-order chi connectivity index (χ0) is 13.1. The summed E-state index contributed by atoms with van der Waals surface area (Å²) < 4.78 is 17.8. The van der Waals surface area contributed by atoms with Crippen LogP contribution in [0.4, 0.5) is 10.1 Å². The molecule has 94 valence electrons. The summed E-state index contributed by atoms with van der Waals surface area (Å²) in [6.45, 7) is 0.156. The lowest BCUT2D eigenvalue weighted by molar-refractivity contribution is 0.0685. The Morgan fingerprint density at radius 3 is 2.94 bits per heavy atom. The Bertz CT molecular complexity index is 585. The molecule has 0 fully saturated rings. The molecule has 18 heavy (non-hydrogen) atoms. The predicted octanol–water partition coefficient (Wildman–Crippen LogP) is 2.78. The molecule has 5 nitrogen and oxygen atoms in total. The number of aromatic nitrogens is 1. The van der Waals surface area contributed by atoms with Crippen molar-refractivity contribution in [3.8, 4) is 0 Å². The van der Waals surface area contributed by atoms with Crippen LogP contribution in [0.3, 0.4) is 0 Å². The van der Waals surface area contributed by atoms with Crippen molar-refractivity contribution >= 4 is 23.3 Å². The van der Waals surface area contributed by atoms with E-state index in [-0.39, 0.29) is 12.2 Å². The summed E-state index contributed by atoms with van der Waals surface area (Å²) in [4.78, 5) is 10.6. The third-order valence-electron chi connectivity index (χ3n) is 2.16. The highest BCUT2D eigenvalue weighted by Gasteiger charge is 2.10. The van der Waals surface area contributed by atoms with Crippen LogP contribution in [0.1, 0.15) is 16.2 Å². The van der Waals surface area contributed by atoms with Gasteiger partial charge in [0.1, 0.15) is 5.82 Å². The minimum atomic E-state index is -1.17. The van der Waals surface area contributed by atoms with Gasteiger partial charge in [0.25, 0.3) is 0 Å². The van der Waals surface area contributed by atoms with Crippen LogP contribution in [0, 0.1) is 5.82 Å². The van der Waals surface area contributed by atoms with E-state index in [9.17, 15) is 9.18 Å². The topological polar surface area (TPSA) is 75.4 Å². The Hall–Kier alpha value is -2.08. The third kappa shape index (κ3) is 2.78. The molecule has 0 spiro atoms. The Morgan fingerprint density at radius 1 is 1.50 bits per heavy atom. The second-order valence-electron chi connectivity index (χ2n) is 3.46. The van der Waals surface area contributed by atoms with Gasteiger partial charge in [-0.05, 0) is 18.2 Å². The number of carbonyl (C=O) groups is 1. The van der Waals surface area contributed by atoms with Crippen LogP contribution in [-0.2, 0) is 6.54 Å². The Morgan fingerprint density at radius 2 is 2.28 bits per heavy atom. The zero-order valence-electron chi connectivity index (χ0n) is 8.98. The first-order chi connectivity index (χ1) is 8.56. The minimum absolute atomic E-state index is 0.156. The fourth-order valence-electron chi connectivity index (χ4n) is 1.31. The van der Waals surface area contributed by atoms with Crippen LogP contribution >= 0.6 is 11.6 Å². The van der Waals surface area contributed by atoms with Gasteiger partial charge in [0, 0.05) is 6.07 Å². The summed E-state index contributed by atoms with van der Waals surface area (Å²) in [6, 6.07) is 5.17. The molecule has 0 saturated heterocycles. The van der Waals surface area contributed by atoms with Gasteiger partial charge in [-0.2, -0.15) is 0 Å². The van der Waals surface area contributed by atoms with Gasteiger partial charge in [-0.15, -0.1) is 0 Å². The van der Waals surface area contributed by atoms with Crippen molar-refractivity contribution in [2.45, 2.75) is 6.54 Å². The number of carboxylic acids is 1. The molecular weight excluding hydrogens is 263 g/mol. The molecule has 2 N–H and O–H groups in total. The van der Waals surface area contributed by atoms with Gasteiger partial charge >= 0.3 is 5.97 Å². The van der Waals surface area contributed by atoms with Gasteiger partial charge in [-0.3, -0.25) is 0 Å². The molecule has 2 aromatic rings. The Balaban J connectivity index is 2.06. The lowest BCUT2D eigenvalue weighted by Crippen LogP contribution is -1.99. The van der Waals surface area contributed by atoms with Crippen LogP contribution in [0.15, 0.2) is 28.8 Å². The first-order valence-corrected chi connectivity index (χ1v) is 5.32. The van der Waals surface area contributed by atoms with Crippen molar-refractivity contribution in [2.24, 2.45) is 0 Å². The summed E-state index contributed by atoms with van der Waals surface area (Å²) in [7, 11) is 0. The third-order valence-corrected chi connectivity index (χ3v) is 2.49. The van der Waals surface area contributed by atoms with Crippen LogP contribution in [0.25, 0.3) is 0 Å². The summed E-state index contributed by atoms with van der Waals surface area (Å²) in [5.41, 5.74) is 0.210. The highest BCUT2D eigenvalue weighted by molar-refractivity contribution is 6.33. The van der Waals surface area contributed by atoms with Crippen molar-refractivity contribution in [3.05, 3.63) is 46.6 Å². The van der Waals surface area contributed by atoms with Gasteiger partial charge in [0.2, 0.25) is 0 Å². The average Bonchev–Trinajstić information content (AvgIpc) is 2.79. The number of carboxylic acid groups (broad SMARTS) is 1. The van der Waals surface area contributed by atoms with Crippen molar-refractivity contribution in [2.75, 3.05) is 5.32 Å². The van der Waals surface area contributed by atoms with Crippen LogP contribution in [0.2, 0.25) is 5.02 Å². The lowest BCUT2D eigenvalue weighted by Gasteiger charge is -2.05. The molecule has 1 heterocycles. The first kappa shape index (κ1) is 12.4. The number of halogens is 2. The molecule has 1 aromatic heterocycles. The normalized spacial score (nSPS) is 10.3. The van der Waals surface area contributed by atoms with E-state index in [0.29, 0.717) is 16.5 Å². The molecule has 7 heteroatoms. The Labute approximate surface area is 106 Å². The van der Waals surface area contributed by atoms with Gasteiger partial charge in [-0.1, -0.05) is 16.8 Å². The number of aromatic carboxylic acids is 1. The van der Waals surface area contributed by atoms with E-state index in [1.54, 1.807) is 0 Å². The van der Waals surface area contributed by atoms with Gasteiger partial charge in [-0.25, -0.2) is 9.18 Å². The number of benzene rings is 1. The number of anilines is 1. The zero-order valence-corrected chi connectivity index (χ0v) is 9.74. The van der Waals surface area contributed by atoms with E-state index in [0.717, 1.165) is 0 Å². The predicted molar refractivity (Wildman–Crippen MR) is 62.2 cm³/mol. The van der Waals surface area contributed by atoms with E-state index in [4.69, 9.17) is 21.2 Å².